The van der Waals surface area contributed by atoms with E-state index in [0.717, 1.165) is 24.2 Å². The lowest BCUT2D eigenvalue weighted by Crippen LogP contribution is -2.57. The Morgan fingerprint density at radius 1 is 1.32 bits per heavy atom. The first kappa shape index (κ1) is 17.7. The SMILES string of the molecule is CC(=O)N1CCC[C@@](O)(C(=O)NCc2ccccc2OC2CCC2)C1. The van der Waals surface area contributed by atoms with Crippen LogP contribution in [0.15, 0.2) is 24.3 Å². The van der Waals surface area contributed by atoms with E-state index in [9.17, 15) is 14.7 Å². The zero-order valence-corrected chi connectivity index (χ0v) is 14.7. The second kappa shape index (κ2) is 7.44. The molecule has 0 unspecified atom stereocenters. The quantitative estimate of drug-likeness (QED) is 0.849. The van der Waals surface area contributed by atoms with Crippen molar-refractivity contribution in [2.75, 3.05) is 13.1 Å². The van der Waals surface area contributed by atoms with Crippen LogP contribution in [0.25, 0.3) is 0 Å². The van der Waals surface area contributed by atoms with Crippen molar-refractivity contribution < 1.29 is 19.4 Å². The Bertz CT molecular complexity index is 644. The summed E-state index contributed by atoms with van der Waals surface area (Å²) >= 11 is 0. The molecule has 1 aromatic carbocycles. The lowest BCUT2D eigenvalue weighted by molar-refractivity contribution is -0.150. The van der Waals surface area contributed by atoms with E-state index in [-0.39, 0.29) is 18.6 Å². The fraction of sp³-hybridized carbons (Fsp3) is 0.579. The Morgan fingerprint density at radius 3 is 2.76 bits per heavy atom. The first-order valence-corrected chi connectivity index (χ1v) is 8.99. The van der Waals surface area contributed by atoms with Crippen molar-refractivity contribution in [3.8, 4) is 5.75 Å². The van der Waals surface area contributed by atoms with Crippen LogP contribution in [0.5, 0.6) is 5.75 Å². The molecule has 1 saturated carbocycles. The van der Waals surface area contributed by atoms with E-state index in [4.69, 9.17) is 4.74 Å². The van der Waals surface area contributed by atoms with Crippen LogP contribution >= 0.6 is 0 Å². The van der Waals surface area contributed by atoms with Crippen LogP contribution in [-0.2, 0) is 16.1 Å². The summed E-state index contributed by atoms with van der Waals surface area (Å²) in [5, 5.41) is 13.5. The molecule has 25 heavy (non-hydrogen) atoms. The van der Waals surface area contributed by atoms with E-state index < -0.39 is 11.5 Å². The fourth-order valence-corrected chi connectivity index (χ4v) is 3.26. The van der Waals surface area contributed by atoms with Gasteiger partial charge in [0, 0.05) is 25.6 Å². The van der Waals surface area contributed by atoms with E-state index >= 15 is 0 Å². The first-order chi connectivity index (χ1) is 12.0. The number of nitrogens with zero attached hydrogens (tertiary/aromatic N) is 1. The Labute approximate surface area is 148 Å². The number of para-hydroxylation sites is 1. The molecular weight excluding hydrogens is 320 g/mol. The fourth-order valence-electron chi connectivity index (χ4n) is 3.26. The van der Waals surface area contributed by atoms with Crippen molar-refractivity contribution in [3.05, 3.63) is 29.8 Å². The molecule has 2 fully saturated rings. The summed E-state index contributed by atoms with van der Waals surface area (Å²) in [7, 11) is 0. The zero-order chi connectivity index (χ0) is 17.9. The van der Waals surface area contributed by atoms with Crippen molar-refractivity contribution >= 4 is 11.8 Å². The number of hydrogen-bond donors (Lipinski definition) is 2. The van der Waals surface area contributed by atoms with E-state index in [0.29, 0.717) is 25.9 Å². The maximum absolute atomic E-state index is 12.5. The number of benzene rings is 1. The van der Waals surface area contributed by atoms with Gasteiger partial charge in [0.25, 0.3) is 5.91 Å². The smallest absolute Gasteiger partial charge is 0.254 e. The first-order valence-electron chi connectivity index (χ1n) is 8.99. The maximum Gasteiger partial charge on any atom is 0.254 e. The number of β-amino-alcohol motifs (C(OH)–C–C–N with tert-alkyl or cyclic N) is 1. The monoisotopic (exact) mass is 346 g/mol. The summed E-state index contributed by atoms with van der Waals surface area (Å²) in [5.74, 6) is 0.232. The highest BCUT2D eigenvalue weighted by Gasteiger charge is 2.40. The third-order valence-corrected chi connectivity index (χ3v) is 5.10. The molecule has 1 aliphatic heterocycles. The molecule has 1 aromatic rings. The number of likely N-dealkylation sites (tertiary alicyclic amines) is 1. The molecule has 6 heteroatoms. The van der Waals surface area contributed by atoms with Gasteiger partial charge in [0.15, 0.2) is 5.60 Å². The molecule has 3 rings (SSSR count). The number of ether oxygens (including phenoxy) is 1. The molecule has 6 nitrogen and oxygen atoms in total. The Hall–Kier alpha value is -2.08. The van der Waals surface area contributed by atoms with E-state index in [1.807, 2.05) is 24.3 Å². The lowest BCUT2D eigenvalue weighted by Gasteiger charge is -2.37. The van der Waals surface area contributed by atoms with Gasteiger partial charge in [-0.1, -0.05) is 18.2 Å². The average molecular weight is 346 g/mol. The average Bonchev–Trinajstić information content (AvgIpc) is 2.56. The van der Waals surface area contributed by atoms with Gasteiger partial charge < -0.3 is 20.1 Å². The summed E-state index contributed by atoms with van der Waals surface area (Å²) in [5.41, 5.74) is -0.626. The molecule has 0 radical (unpaired) electrons. The number of carbonyl (C=O) groups excluding carboxylic acids is 2. The molecule has 1 heterocycles. The summed E-state index contributed by atoms with van der Waals surface area (Å²) in [6, 6.07) is 7.65. The van der Waals surface area contributed by atoms with Crippen LogP contribution in [0.4, 0.5) is 0 Å². The van der Waals surface area contributed by atoms with Crippen molar-refractivity contribution in [3.63, 3.8) is 0 Å². The summed E-state index contributed by atoms with van der Waals surface area (Å²) in [6.07, 6.45) is 4.59. The van der Waals surface area contributed by atoms with Crippen molar-refractivity contribution in [2.24, 2.45) is 0 Å². The number of aliphatic hydroxyl groups is 1. The van der Waals surface area contributed by atoms with Crippen LogP contribution < -0.4 is 10.1 Å². The van der Waals surface area contributed by atoms with E-state index in [1.165, 1.54) is 18.2 Å². The minimum Gasteiger partial charge on any atom is -0.490 e. The van der Waals surface area contributed by atoms with Crippen LogP contribution in [-0.4, -0.2) is 46.6 Å². The number of rotatable bonds is 5. The zero-order valence-electron chi connectivity index (χ0n) is 14.7. The van der Waals surface area contributed by atoms with Gasteiger partial charge in [-0.3, -0.25) is 9.59 Å². The maximum atomic E-state index is 12.5. The minimum absolute atomic E-state index is 0.0500. The highest BCUT2D eigenvalue weighted by Crippen LogP contribution is 2.28. The second-order valence-electron chi connectivity index (χ2n) is 7.04. The van der Waals surface area contributed by atoms with Crippen LogP contribution in [0, 0.1) is 0 Å². The van der Waals surface area contributed by atoms with Gasteiger partial charge in [-0.2, -0.15) is 0 Å². The number of nitrogens with one attached hydrogen (secondary N) is 1. The summed E-state index contributed by atoms with van der Waals surface area (Å²) in [4.78, 5) is 25.6. The van der Waals surface area contributed by atoms with Crippen LogP contribution in [0.2, 0.25) is 0 Å². The predicted molar refractivity (Wildman–Crippen MR) is 93.0 cm³/mol. The minimum atomic E-state index is -1.52. The largest absolute Gasteiger partial charge is 0.490 e. The molecule has 1 atom stereocenters. The van der Waals surface area contributed by atoms with Gasteiger partial charge in [-0.15, -0.1) is 0 Å². The third kappa shape index (κ3) is 4.12. The Kier molecular flexibility index (Phi) is 5.27. The van der Waals surface area contributed by atoms with Gasteiger partial charge in [-0.05, 0) is 38.2 Å². The van der Waals surface area contributed by atoms with E-state index in [2.05, 4.69) is 5.32 Å². The molecule has 0 spiro atoms. The van der Waals surface area contributed by atoms with Gasteiger partial charge in [0.2, 0.25) is 5.91 Å². The Balaban J connectivity index is 1.61. The molecule has 2 amide bonds. The standard InChI is InChI=1S/C19H26N2O4/c1-14(22)21-11-5-10-19(24,13-21)18(23)20-12-15-6-2-3-9-17(15)25-16-7-4-8-16/h2-3,6,9,16,24H,4-5,7-8,10-13H2,1H3,(H,20,23)/t19-/m0/s1. The Morgan fingerprint density at radius 2 is 2.08 bits per heavy atom. The second-order valence-corrected chi connectivity index (χ2v) is 7.04. The molecule has 2 N–H and O–H groups in total. The third-order valence-electron chi connectivity index (χ3n) is 5.10. The van der Waals surface area contributed by atoms with Crippen LogP contribution in [0.1, 0.15) is 44.6 Å². The highest BCUT2D eigenvalue weighted by atomic mass is 16.5. The molecule has 2 aliphatic rings. The highest BCUT2D eigenvalue weighted by molar-refractivity contribution is 5.86. The molecule has 0 aromatic heterocycles. The number of hydrogen-bond acceptors (Lipinski definition) is 4. The number of carbonyl (C=O) groups is 2. The molecule has 1 saturated heterocycles. The lowest BCUT2D eigenvalue weighted by atomic mass is 9.91. The number of piperidine rings is 1. The number of amides is 2. The van der Waals surface area contributed by atoms with Gasteiger partial charge in [0.05, 0.1) is 12.6 Å². The molecule has 0 bridgehead atoms. The molecule has 136 valence electrons. The van der Waals surface area contributed by atoms with Crippen molar-refractivity contribution in [1.82, 2.24) is 10.2 Å². The van der Waals surface area contributed by atoms with Crippen LogP contribution in [0.3, 0.4) is 0 Å². The van der Waals surface area contributed by atoms with Gasteiger partial charge in [-0.25, -0.2) is 0 Å². The summed E-state index contributed by atoms with van der Waals surface area (Å²) < 4.78 is 5.97. The van der Waals surface area contributed by atoms with Crippen molar-refractivity contribution in [2.45, 2.75) is 57.3 Å². The normalized spacial score (nSPS) is 23.7. The topological polar surface area (TPSA) is 78.9 Å². The predicted octanol–water partition coefficient (Wildman–Crippen LogP) is 1.61. The molecular formula is C19H26N2O4. The van der Waals surface area contributed by atoms with Crippen molar-refractivity contribution in [1.29, 1.82) is 0 Å². The van der Waals surface area contributed by atoms with E-state index in [1.54, 1.807) is 0 Å². The molecule has 1 aliphatic carbocycles. The summed E-state index contributed by atoms with van der Waals surface area (Å²) in [6.45, 7) is 2.39. The van der Waals surface area contributed by atoms with Gasteiger partial charge in [0.1, 0.15) is 5.75 Å². The van der Waals surface area contributed by atoms with Gasteiger partial charge >= 0.3 is 0 Å².